The molecule has 0 aromatic carbocycles. The lowest BCUT2D eigenvalue weighted by Gasteiger charge is -2.34. The van der Waals surface area contributed by atoms with Gasteiger partial charge in [-0.05, 0) is 19.4 Å². The minimum Gasteiger partial charge on any atom is -0.378 e. The third kappa shape index (κ3) is 2.77. The molecule has 0 spiro atoms. The molecule has 0 aliphatic carbocycles. The van der Waals surface area contributed by atoms with Gasteiger partial charge in [-0.3, -0.25) is 4.90 Å². The molecule has 2 aliphatic heterocycles. The second kappa shape index (κ2) is 6.03. The van der Waals surface area contributed by atoms with Crippen molar-refractivity contribution in [3.05, 3.63) is 17.6 Å². The van der Waals surface area contributed by atoms with E-state index in [-0.39, 0.29) is 6.10 Å². The van der Waals surface area contributed by atoms with Gasteiger partial charge in [-0.1, -0.05) is 0 Å². The predicted molar refractivity (Wildman–Crippen MR) is 75.6 cm³/mol. The Bertz CT molecular complexity index is 468. The van der Waals surface area contributed by atoms with E-state index in [2.05, 4.69) is 20.2 Å². The maximum absolute atomic E-state index is 5.98. The topological polar surface area (TPSA) is 59.5 Å². The van der Waals surface area contributed by atoms with Gasteiger partial charge in [0.1, 0.15) is 11.9 Å². The van der Waals surface area contributed by atoms with Crippen LogP contribution in [0.5, 0.6) is 0 Å². The van der Waals surface area contributed by atoms with Crippen molar-refractivity contribution in [2.75, 3.05) is 39.2 Å². The Balaban J connectivity index is 1.79. The Morgan fingerprint density at radius 1 is 1.50 bits per heavy atom. The smallest absolute Gasteiger partial charge is 0.161 e. The van der Waals surface area contributed by atoms with Gasteiger partial charge in [0.2, 0.25) is 0 Å². The molecule has 0 radical (unpaired) electrons. The average Bonchev–Trinajstić information content (AvgIpc) is 2.94. The van der Waals surface area contributed by atoms with Crippen LogP contribution in [-0.4, -0.2) is 54.8 Å². The molecule has 6 heteroatoms. The first-order chi connectivity index (χ1) is 9.80. The molecule has 1 aromatic heterocycles. The quantitative estimate of drug-likeness (QED) is 0.893. The van der Waals surface area contributed by atoms with Crippen molar-refractivity contribution in [2.24, 2.45) is 0 Å². The van der Waals surface area contributed by atoms with E-state index in [4.69, 9.17) is 9.47 Å². The molecule has 2 saturated heterocycles. The molecule has 110 valence electrons. The standard InChI is InChI=1S/C14H22N4O2/c1-15-13-6-10(8-19-2)16-14(17-13)12-7-18-5-3-4-11(18)9-20-12/h6,11-12H,3-5,7-9H2,1-2H3,(H,15,16,17). The van der Waals surface area contributed by atoms with E-state index in [0.717, 1.165) is 30.5 Å². The summed E-state index contributed by atoms with van der Waals surface area (Å²) >= 11 is 0. The van der Waals surface area contributed by atoms with Gasteiger partial charge in [0.15, 0.2) is 5.82 Å². The van der Waals surface area contributed by atoms with Gasteiger partial charge >= 0.3 is 0 Å². The van der Waals surface area contributed by atoms with Gasteiger partial charge in [-0.15, -0.1) is 0 Å². The Hall–Kier alpha value is -1.24. The molecule has 20 heavy (non-hydrogen) atoms. The van der Waals surface area contributed by atoms with Crippen molar-refractivity contribution < 1.29 is 9.47 Å². The Labute approximate surface area is 119 Å². The van der Waals surface area contributed by atoms with Crippen LogP contribution in [0.4, 0.5) is 5.82 Å². The van der Waals surface area contributed by atoms with Crippen LogP contribution in [-0.2, 0) is 16.1 Å². The van der Waals surface area contributed by atoms with Crippen LogP contribution < -0.4 is 5.32 Å². The lowest BCUT2D eigenvalue weighted by atomic mass is 10.2. The van der Waals surface area contributed by atoms with Gasteiger partial charge in [0.05, 0.1) is 18.9 Å². The molecule has 0 amide bonds. The lowest BCUT2D eigenvalue weighted by molar-refractivity contribution is -0.0542. The first-order valence-corrected chi connectivity index (χ1v) is 7.20. The fourth-order valence-electron chi connectivity index (χ4n) is 2.99. The highest BCUT2D eigenvalue weighted by Crippen LogP contribution is 2.29. The molecule has 6 nitrogen and oxygen atoms in total. The van der Waals surface area contributed by atoms with Crippen molar-refractivity contribution in [3.63, 3.8) is 0 Å². The number of nitrogens with zero attached hydrogens (tertiary/aromatic N) is 3. The van der Waals surface area contributed by atoms with Crippen molar-refractivity contribution in [3.8, 4) is 0 Å². The van der Waals surface area contributed by atoms with Crippen molar-refractivity contribution in [1.82, 2.24) is 14.9 Å². The number of hydrogen-bond acceptors (Lipinski definition) is 6. The summed E-state index contributed by atoms with van der Waals surface area (Å²) in [7, 11) is 3.54. The molecule has 1 aromatic rings. The molecular formula is C14H22N4O2. The van der Waals surface area contributed by atoms with Crippen LogP contribution in [0.1, 0.15) is 30.5 Å². The number of rotatable bonds is 4. The molecule has 0 saturated carbocycles. The monoisotopic (exact) mass is 278 g/mol. The number of nitrogens with one attached hydrogen (secondary N) is 1. The second-order valence-corrected chi connectivity index (χ2v) is 5.40. The molecular weight excluding hydrogens is 256 g/mol. The second-order valence-electron chi connectivity index (χ2n) is 5.40. The van der Waals surface area contributed by atoms with E-state index in [9.17, 15) is 0 Å². The molecule has 1 N–H and O–H groups in total. The predicted octanol–water partition coefficient (Wildman–Crippen LogP) is 1.20. The zero-order valence-electron chi connectivity index (χ0n) is 12.1. The third-order valence-corrected chi connectivity index (χ3v) is 4.02. The van der Waals surface area contributed by atoms with Crippen LogP contribution >= 0.6 is 0 Å². The van der Waals surface area contributed by atoms with Crippen LogP contribution in [0.3, 0.4) is 0 Å². The first-order valence-electron chi connectivity index (χ1n) is 7.20. The highest BCUT2D eigenvalue weighted by Gasteiger charge is 2.34. The van der Waals surface area contributed by atoms with Gasteiger partial charge in [-0.25, -0.2) is 9.97 Å². The highest BCUT2D eigenvalue weighted by molar-refractivity contribution is 5.35. The summed E-state index contributed by atoms with van der Waals surface area (Å²) in [5, 5.41) is 3.08. The number of methoxy groups -OCH3 is 1. The van der Waals surface area contributed by atoms with E-state index in [0.29, 0.717) is 12.6 Å². The van der Waals surface area contributed by atoms with Crippen molar-refractivity contribution in [2.45, 2.75) is 31.6 Å². The van der Waals surface area contributed by atoms with Crippen LogP contribution in [0.25, 0.3) is 0 Å². The largest absolute Gasteiger partial charge is 0.378 e. The van der Waals surface area contributed by atoms with Gasteiger partial charge in [0.25, 0.3) is 0 Å². The van der Waals surface area contributed by atoms with Crippen LogP contribution in [0, 0.1) is 0 Å². The number of fused-ring (bicyclic) bond motifs is 1. The number of ether oxygens (including phenoxy) is 2. The van der Waals surface area contributed by atoms with Crippen LogP contribution in [0.15, 0.2) is 6.07 Å². The summed E-state index contributed by atoms with van der Waals surface area (Å²) < 4.78 is 11.1. The fraction of sp³-hybridized carbons (Fsp3) is 0.714. The molecule has 2 unspecified atom stereocenters. The summed E-state index contributed by atoms with van der Waals surface area (Å²) in [4.78, 5) is 11.6. The van der Waals surface area contributed by atoms with Crippen molar-refractivity contribution >= 4 is 5.82 Å². The number of aromatic nitrogens is 2. The third-order valence-electron chi connectivity index (χ3n) is 4.02. The van der Waals surface area contributed by atoms with E-state index in [1.807, 2.05) is 13.1 Å². The van der Waals surface area contributed by atoms with Gasteiger partial charge < -0.3 is 14.8 Å². The van der Waals surface area contributed by atoms with E-state index >= 15 is 0 Å². The van der Waals surface area contributed by atoms with Crippen LogP contribution in [0.2, 0.25) is 0 Å². The molecule has 3 heterocycles. The minimum atomic E-state index is -0.0340. The van der Waals surface area contributed by atoms with Gasteiger partial charge in [-0.2, -0.15) is 0 Å². The van der Waals surface area contributed by atoms with E-state index < -0.39 is 0 Å². The zero-order valence-corrected chi connectivity index (χ0v) is 12.1. The first kappa shape index (κ1) is 13.7. The van der Waals surface area contributed by atoms with E-state index in [1.54, 1.807) is 7.11 Å². The molecule has 2 atom stereocenters. The maximum atomic E-state index is 5.98. The maximum Gasteiger partial charge on any atom is 0.161 e. The van der Waals surface area contributed by atoms with Crippen molar-refractivity contribution in [1.29, 1.82) is 0 Å². The SMILES string of the molecule is CNc1cc(COC)nc(C2CN3CCCC3CO2)n1. The fourth-order valence-corrected chi connectivity index (χ4v) is 2.99. The summed E-state index contributed by atoms with van der Waals surface area (Å²) in [5.41, 5.74) is 0.883. The lowest BCUT2D eigenvalue weighted by Crippen LogP contribution is -2.42. The summed E-state index contributed by atoms with van der Waals surface area (Å²) in [5.74, 6) is 1.57. The Morgan fingerprint density at radius 3 is 3.20 bits per heavy atom. The molecule has 3 rings (SSSR count). The minimum absolute atomic E-state index is 0.0340. The zero-order chi connectivity index (χ0) is 13.9. The molecule has 2 aliphatic rings. The summed E-state index contributed by atoms with van der Waals surface area (Å²) in [6.07, 6.45) is 2.49. The summed E-state index contributed by atoms with van der Waals surface area (Å²) in [6.45, 7) is 3.34. The number of hydrogen-bond donors (Lipinski definition) is 1. The number of anilines is 1. The number of morpholine rings is 1. The van der Waals surface area contributed by atoms with Gasteiger partial charge in [0, 0.05) is 32.8 Å². The Kier molecular flexibility index (Phi) is 4.14. The average molecular weight is 278 g/mol. The Morgan fingerprint density at radius 2 is 2.40 bits per heavy atom. The molecule has 2 fully saturated rings. The normalized spacial score (nSPS) is 26.5. The highest BCUT2D eigenvalue weighted by atomic mass is 16.5. The van der Waals surface area contributed by atoms with E-state index in [1.165, 1.54) is 19.4 Å². The molecule has 0 bridgehead atoms. The summed E-state index contributed by atoms with van der Waals surface area (Å²) in [6, 6.07) is 2.51.